The monoisotopic (exact) mass is 239 g/mol. The van der Waals surface area contributed by atoms with Gasteiger partial charge in [0, 0.05) is 24.8 Å². The zero-order valence-electron chi connectivity index (χ0n) is 10.4. The van der Waals surface area contributed by atoms with Crippen molar-refractivity contribution >= 4 is 5.97 Å². The number of hydrogen-bond acceptors (Lipinski definition) is 4. The second kappa shape index (κ2) is 5.14. The highest BCUT2D eigenvalue weighted by atomic mass is 16.5. The van der Waals surface area contributed by atoms with E-state index in [1.54, 1.807) is 32.2 Å². The van der Waals surface area contributed by atoms with Crippen molar-refractivity contribution in [1.29, 1.82) is 0 Å². The summed E-state index contributed by atoms with van der Waals surface area (Å²) in [5.74, 6) is -0.498. The van der Waals surface area contributed by atoms with Gasteiger partial charge in [0.25, 0.3) is 0 Å². The van der Waals surface area contributed by atoms with Crippen molar-refractivity contribution < 1.29 is 19.4 Å². The minimum Gasteiger partial charge on any atom is -0.481 e. The molecule has 0 amide bonds. The first-order chi connectivity index (χ1) is 7.93. The number of aliphatic carboxylic acids is 1. The Morgan fingerprint density at radius 1 is 1.41 bits per heavy atom. The first-order valence-electron chi connectivity index (χ1n) is 5.19. The zero-order chi connectivity index (χ0) is 13.1. The molecule has 0 bridgehead atoms. The predicted molar refractivity (Wildman–Crippen MR) is 62.2 cm³/mol. The van der Waals surface area contributed by atoms with Gasteiger partial charge in [-0.1, -0.05) is 19.9 Å². The first-order valence-corrected chi connectivity index (χ1v) is 5.19. The quantitative estimate of drug-likeness (QED) is 0.842. The summed E-state index contributed by atoms with van der Waals surface area (Å²) in [6, 6.07) is 3.49. The lowest BCUT2D eigenvalue weighted by molar-refractivity contribution is -0.152. The van der Waals surface area contributed by atoms with Crippen LogP contribution in [0.15, 0.2) is 18.3 Å². The van der Waals surface area contributed by atoms with Crippen LogP contribution in [0.5, 0.6) is 5.88 Å². The van der Waals surface area contributed by atoms with Crippen molar-refractivity contribution in [3.63, 3.8) is 0 Å². The van der Waals surface area contributed by atoms with Crippen LogP contribution in [-0.4, -0.2) is 36.4 Å². The molecule has 1 N–H and O–H groups in total. The number of methoxy groups -OCH3 is 2. The van der Waals surface area contributed by atoms with Crippen molar-refractivity contribution in [3.8, 4) is 5.88 Å². The Kier molecular flexibility index (Phi) is 4.07. The third-order valence-corrected chi connectivity index (χ3v) is 2.80. The smallest absolute Gasteiger partial charge is 0.333 e. The lowest BCUT2D eigenvalue weighted by Crippen LogP contribution is -2.41. The van der Waals surface area contributed by atoms with Crippen LogP contribution in [0.4, 0.5) is 0 Å². The Hall–Kier alpha value is -1.62. The van der Waals surface area contributed by atoms with Crippen LogP contribution in [0.1, 0.15) is 19.4 Å². The number of carboxylic acid groups (broad SMARTS) is 1. The van der Waals surface area contributed by atoms with Crippen LogP contribution in [0.25, 0.3) is 0 Å². The van der Waals surface area contributed by atoms with E-state index in [9.17, 15) is 4.79 Å². The zero-order valence-corrected chi connectivity index (χ0v) is 10.4. The third-order valence-electron chi connectivity index (χ3n) is 2.80. The minimum atomic E-state index is -0.992. The van der Waals surface area contributed by atoms with Gasteiger partial charge >= 0.3 is 5.97 Å². The van der Waals surface area contributed by atoms with E-state index in [0.29, 0.717) is 5.88 Å². The normalized spacial score (nSPS) is 13.2. The number of hydrogen-bond donors (Lipinski definition) is 1. The van der Waals surface area contributed by atoms with Crippen LogP contribution in [0.3, 0.4) is 0 Å². The SMILES string of the molecule is COc1ccc(C(C)(C)C(OC)C(=O)O)cn1. The molecule has 0 aliphatic rings. The first kappa shape index (κ1) is 13.4. The average molecular weight is 239 g/mol. The lowest BCUT2D eigenvalue weighted by atomic mass is 9.80. The summed E-state index contributed by atoms with van der Waals surface area (Å²) in [6.07, 6.45) is 0.686. The summed E-state index contributed by atoms with van der Waals surface area (Å²) in [5.41, 5.74) is 0.118. The molecule has 1 unspecified atom stereocenters. The van der Waals surface area contributed by atoms with Crippen molar-refractivity contribution in [3.05, 3.63) is 23.9 Å². The Morgan fingerprint density at radius 2 is 2.06 bits per heavy atom. The van der Waals surface area contributed by atoms with Gasteiger partial charge in [-0.25, -0.2) is 9.78 Å². The number of rotatable bonds is 5. The van der Waals surface area contributed by atoms with Gasteiger partial charge in [-0.2, -0.15) is 0 Å². The molecule has 1 atom stereocenters. The van der Waals surface area contributed by atoms with Gasteiger partial charge in [-0.3, -0.25) is 0 Å². The predicted octanol–water partition coefficient (Wildman–Crippen LogP) is 1.47. The number of carboxylic acids is 1. The standard InChI is InChI=1S/C12H17NO4/c1-12(2,10(17-4)11(14)15)8-5-6-9(16-3)13-7-8/h5-7,10H,1-4H3,(H,14,15). The molecule has 0 spiro atoms. The fraction of sp³-hybridized carbons (Fsp3) is 0.500. The molecule has 1 rings (SSSR count). The number of carbonyl (C=O) groups is 1. The van der Waals surface area contributed by atoms with E-state index >= 15 is 0 Å². The fourth-order valence-corrected chi connectivity index (χ4v) is 1.74. The maximum absolute atomic E-state index is 11.1. The van der Waals surface area contributed by atoms with Gasteiger partial charge in [0.1, 0.15) is 0 Å². The molecule has 0 fully saturated rings. The van der Waals surface area contributed by atoms with E-state index in [2.05, 4.69) is 4.98 Å². The van der Waals surface area contributed by atoms with Crippen LogP contribution in [-0.2, 0) is 14.9 Å². The number of nitrogens with zero attached hydrogens (tertiary/aromatic N) is 1. The third kappa shape index (κ3) is 2.74. The Bertz CT molecular complexity index is 386. The van der Waals surface area contributed by atoms with Gasteiger partial charge in [0.15, 0.2) is 6.10 Å². The summed E-state index contributed by atoms with van der Waals surface area (Å²) in [4.78, 5) is 15.2. The molecule has 0 saturated heterocycles. The fourth-order valence-electron chi connectivity index (χ4n) is 1.74. The number of pyridine rings is 1. The van der Waals surface area contributed by atoms with Gasteiger partial charge in [0.05, 0.1) is 7.11 Å². The summed E-state index contributed by atoms with van der Waals surface area (Å²) in [6.45, 7) is 3.61. The van der Waals surface area contributed by atoms with Crippen LogP contribution in [0, 0.1) is 0 Å². The van der Waals surface area contributed by atoms with Gasteiger partial charge in [-0.05, 0) is 5.56 Å². The largest absolute Gasteiger partial charge is 0.481 e. The number of ether oxygens (including phenoxy) is 2. The molecule has 0 aromatic carbocycles. The van der Waals surface area contributed by atoms with Crippen LogP contribution >= 0.6 is 0 Å². The highest BCUT2D eigenvalue weighted by Gasteiger charge is 2.37. The molecule has 0 radical (unpaired) electrons. The molecule has 0 aliphatic heterocycles. The van der Waals surface area contributed by atoms with Gasteiger partial charge in [-0.15, -0.1) is 0 Å². The molecule has 0 saturated carbocycles. The summed E-state index contributed by atoms with van der Waals surface area (Å²) in [5, 5.41) is 9.10. The summed E-state index contributed by atoms with van der Waals surface area (Å²) >= 11 is 0. The number of aromatic nitrogens is 1. The van der Waals surface area contributed by atoms with Gasteiger partial charge in [0.2, 0.25) is 5.88 Å². The van der Waals surface area contributed by atoms with Crippen molar-refractivity contribution in [1.82, 2.24) is 4.98 Å². The van der Waals surface area contributed by atoms with E-state index < -0.39 is 17.5 Å². The van der Waals surface area contributed by atoms with E-state index in [1.807, 2.05) is 0 Å². The molecular weight excluding hydrogens is 222 g/mol. The van der Waals surface area contributed by atoms with Crippen molar-refractivity contribution in [2.75, 3.05) is 14.2 Å². The van der Waals surface area contributed by atoms with E-state index in [0.717, 1.165) is 5.56 Å². The molecule has 94 valence electrons. The molecular formula is C12H17NO4. The van der Waals surface area contributed by atoms with E-state index in [1.165, 1.54) is 14.2 Å². The average Bonchev–Trinajstić information content (AvgIpc) is 2.29. The Morgan fingerprint density at radius 3 is 2.41 bits per heavy atom. The van der Waals surface area contributed by atoms with Crippen LogP contribution < -0.4 is 4.74 Å². The Labute approximate surface area is 100 Å². The second-order valence-corrected chi connectivity index (χ2v) is 4.26. The Balaban J connectivity index is 3.06. The molecule has 1 heterocycles. The highest BCUT2D eigenvalue weighted by molar-refractivity contribution is 5.74. The second-order valence-electron chi connectivity index (χ2n) is 4.26. The van der Waals surface area contributed by atoms with Crippen LogP contribution in [0.2, 0.25) is 0 Å². The topological polar surface area (TPSA) is 68.7 Å². The molecule has 5 heteroatoms. The lowest BCUT2D eigenvalue weighted by Gasteiger charge is -2.30. The minimum absolute atomic E-state index is 0.494. The molecule has 5 nitrogen and oxygen atoms in total. The summed E-state index contributed by atoms with van der Waals surface area (Å²) < 4.78 is 9.99. The maximum atomic E-state index is 11.1. The molecule has 1 aromatic rings. The van der Waals surface area contributed by atoms with Crippen molar-refractivity contribution in [2.24, 2.45) is 0 Å². The maximum Gasteiger partial charge on any atom is 0.333 e. The van der Waals surface area contributed by atoms with Gasteiger partial charge < -0.3 is 14.6 Å². The van der Waals surface area contributed by atoms with E-state index in [4.69, 9.17) is 14.6 Å². The van der Waals surface area contributed by atoms with Crippen molar-refractivity contribution in [2.45, 2.75) is 25.4 Å². The highest BCUT2D eigenvalue weighted by Crippen LogP contribution is 2.29. The van der Waals surface area contributed by atoms with E-state index in [-0.39, 0.29) is 0 Å². The molecule has 17 heavy (non-hydrogen) atoms. The molecule has 0 aliphatic carbocycles. The summed E-state index contributed by atoms with van der Waals surface area (Å²) in [7, 11) is 2.92. The molecule has 1 aromatic heterocycles.